The van der Waals surface area contributed by atoms with Gasteiger partial charge in [-0.05, 0) is 74.8 Å². The highest BCUT2D eigenvalue weighted by Crippen LogP contribution is 2.32. The smallest absolute Gasteiger partial charge is 0.233 e. The molecule has 0 atom stereocenters. The first-order chi connectivity index (χ1) is 15.9. The highest BCUT2D eigenvalue weighted by molar-refractivity contribution is 7.22. The Morgan fingerprint density at radius 3 is 2.30 bits per heavy atom. The number of benzene rings is 3. The number of thiazole rings is 1. The summed E-state index contributed by atoms with van der Waals surface area (Å²) in [5.74, 6) is 0.0923. The third-order valence-corrected chi connectivity index (χ3v) is 6.97. The molecule has 1 aromatic heterocycles. The van der Waals surface area contributed by atoms with Crippen molar-refractivity contribution < 1.29 is 4.79 Å². The van der Waals surface area contributed by atoms with Crippen LogP contribution in [-0.4, -0.2) is 43.0 Å². The van der Waals surface area contributed by atoms with Gasteiger partial charge < -0.3 is 4.90 Å². The summed E-state index contributed by atoms with van der Waals surface area (Å²) in [6, 6.07) is 22.9. The van der Waals surface area contributed by atoms with Gasteiger partial charge in [0, 0.05) is 6.54 Å². The molecule has 0 unspecified atom stereocenters. The zero-order valence-electron chi connectivity index (χ0n) is 19.8. The van der Waals surface area contributed by atoms with E-state index in [1.165, 1.54) is 16.7 Å². The summed E-state index contributed by atoms with van der Waals surface area (Å²) < 4.78 is 1.16. The van der Waals surface area contributed by atoms with Crippen LogP contribution >= 0.6 is 11.3 Å². The van der Waals surface area contributed by atoms with Gasteiger partial charge in [0.25, 0.3) is 0 Å². The van der Waals surface area contributed by atoms with Crippen molar-refractivity contribution in [3.8, 4) is 11.1 Å². The van der Waals surface area contributed by atoms with E-state index < -0.39 is 0 Å². The number of aryl methyl sites for hydroxylation is 2. The summed E-state index contributed by atoms with van der Waals surface area (Å²) in [6.07, 6.45) is 1.27. The van der Waals surface area contributed by atoms with Crippen LogP contribution in [0.3, 0.4) is 0 Å². The lowest BCUT2D eigenvalue weighted by Gasteiger charge is -2.21. The molecule has 0 saturated carbocycles. The van der Waals surface area contributed by atoms with Crippen LogP contribution in [0.15, 0.2) is 66.7 Å². The molecule has 170 valence electrons. The molecule has 1 heterocycles. The molecule has 0 radical (unpaired) electrons. The first-order valence-corrected chi connectivity index (χ1v) is 12.2. The number of nitrogens with zero attached hydrogens (tertiary/aromatic N) is 3. The van der Waals surface area contributed by atoms with Crippen LogP contribution in [0.5, 0.6) is 0 Å². The van der Waals surface area contributed by atoms with Gasteiger partial charge in [-0.3, -0.25) is 9.69 Å². The van der Waals surface area contributed by atoms with Crippen LogP contribution in [0.2, 0.25) is 0 Å². The lowest BCUT2D eigenvalue weighted by Crippen LogP contribution is -2.34. The number of amides is 1. The Morgan fingerprint density at radius 2 is 1.61 bits per heavy atom. The molecule has 0 N–H and O–H groups in total. The van der Waals surface area contributed by atoms with E-state index in [9.17, 15) is 4.79 Å². The van der Waals surface area contributed by atoms with Gasteiger partial charge in [-0.15, -0.1) is 0 Å². The van der Waals surface area contributed by atoms with Gasteiger partial charge >= 0.3 is 0 Å². The standard InChI is InChI=1S/C28H31N3OS/c1-20-17-21(2)27-25(18-20)29-28(33-27)31(16-8-15-30(3)4)26(32)19-22-11-13-24(14-12-22)23-9-6-5-7-10-23/h5-7,9-14,17-18H,8,15-16,19H2,1-4H3. The van der Waals surface area contributed by atoms with Crippen LogP contribution in [0.1, 0.15) is 23.1 Å². The fourth-order valence-corrected chi connectivity index (χ4v) is 5.13. The summed E-state index contributed by atoms with van der Waals surface area (Å²) in [4.78, 5) is 22.3. The van der Waals surface area contributed by atoms with Gasteiger partial charge in [0.05, 0.1) is 16.6 Å². The Hall–Kier alpha value is -3.02. The van der Waals surface area contributed by atoms with Gasteiger partial charge in [0.1, 0.15) is 0 Å². The first-order valence-electron chi connectivity index (χ1n) is 11.4. The number of fused-ring (bicyclic) bond motifs is 1. The predicted molar refractivity (Wildman–Crippen MR) is 140 cm³/mol. The molecule has 4 rings (SSSR count). The molecule has 4 nitrogen and oxygen atoms in total. The fraction of sp³-hybridized carbons (Fsp3) is 0.286. The van der Waals surface area contributed by atoms with Gasteiger partial charge in [-0.1, -0.05) is 72.0 Å². The molecule has 4 aromatic rings. The van der Waals surface area contributed by atoms with Gasteiger partial charge in [0.2, 0.25) is 5.91 Å². The maximum Gasteiger partial charge on any atom is 0.233 e. The number of hydrogen-bond donors (Lipinski definition) is 0. The van der Waals surface area contributed by atoms with Crippen molar-refractivity contribution in [3.05, 3.63) is 83.4 Å². The fourth-order valence-electron chi connectivity index (χ4n) is 4.07. The molecule has 0 spiro atoms. The zero-order valence-corrected chi connectivity index (χ0v) is 20.7. The van der Waals surface area contributed by atoms with Crippen molar-refractivity contribution >= 4 is 32.6 Å². The predicted octanol–water partition coefficient (Wildman–Crippen LogP) is 6.11. The maximum atomic E-state index is 13.5. The normalized spacial score (nSPS) is 11.3. The van der Waals surface area contributed by atoms with Crippen molar-refractivity contribution in [1.82, 2.24) is 9.88 Å². The average Bonchev–Trinajstić information content (AvgIpc) is 3.21. The monoisotopic (exact) mass is 457 g/mol. The van der Waals surface area contributed by atoms with Crippen molar-refractivity contribution in [1.29, 1.82) is 0 Å². The highest BCUT2D eigenvalue weighted by Gasteiger charge is 2.20. The summed E-state index contributed by atoms with van der Waals surface area (Å²) in [5.41, 5.74) is 6.75. The van der Waals surface area contributed by atoms with Gasteiger partial charge in [-0.25, -0.2) is 4.98 Å². The molecule has 0 bridgehead atoms. The van der Waals surface area contributed by atoms with Crippen LogP contribution in [0.25, 0.3) is 21.3 Å². The molecular weight excluding hydrogens is 426 g/mol. The molecule has 0 aliphatic rings. The number of carbonyl (C=O) groups excluding carboxylic acids is 1. The molecule has 3 aromatic carbocycles. The maximum absolute atomic E-state index is 13.5. The minimum absolute atomic E-state index is 0.0923. The average molecular weight is 458 g/mol. The summed E-state index contributed by atoms with van der Waals surface area (Å²) in [7, 11) is 4.12. The topological polar surface area (TPSA) is 36.4 Å². The van der Waals surface area contributed by atoms with Crippen molar-refractivity contribution in [3.63, 3.8) is 0 Å². The Bertz CT molecular complexity index is 1230. The summed E-state index contributed by atoms with van der Waals surface area (Å²) in [5, 5.41) is 0.795. The number of aromatic nitrogens is 1. The zero-order chi connectivity index (χ0) is 23.4. The van der Waals surface area contributed by atoms with E-state index in [0.717, 1.165) is 39.4 Å². The second kappa shape index (κ2) is 10.3. The van der Waals surface area contributed by atoms with Crippen LogP contribution in [0, 0.1) is 13.8 Å². The molecule has 0 fully saturated rings. The van der Waals surface area contributed by atoms with Gasteiger partial charge in [-0.2, -0.15) is 0 Å². The molecular formula is C28H31N3OS. The van der Waals surface area contributed by atoms with E-state index in [1.54, 1.807) is 11.3 Å². The van der Waals surface area contributed by atoms with E-state index in [1.807, 2.05) is 23.1 Å². The lowest BCUT2D eigenvalue weighted by atomic mass is 10.0. The van der Waals surface area contributed by atoms with Crippen LogP contribution in [0.4, 0.5) is 5.13 Å². The first kappa shape index (κ1) is 23.1. The molecule has 1 amide bonds. The third-order valence-electron chi connectivity index (χ3n) is 5.74. The Kier molecular flexibility index (Phi) is 7.21. The lowest BCUT2D eigenvalue weighted by molar-refractivity contribution is -0.118. The van der Waals surface area contributed by atoms with Crippen LogP contribution < -0.4 is 4.90 Å². The molecule has 0 saturated heterocycles. The summed E-state index contributed by atoms with van der Waals surface area (Å²) in [6.45, 7) is 5.80. The van der Waals surface area contributed by atoms with E-state index in [0.29, 0.717) is 13.0 Å². The van der Waals surface area contributed by atoms with E-state index >= 15 is 0 Å². The van der Waals surface area contributed by atoms with Gasteiger partial charge in [0.15, 0.2) is 5.13 Å². The SMILES string of the molecule is Cc1cc(C)c2sc(N(CCCN(C)C)C(=O)Cc3ccc(-c4ccccc4)cc3)nc2c1. The van der Waals surface area contributed by atoms with E-state index in [-0.39, 0.29) is 5.91 Å². The van der Waals surface area contributed by atoms with Crippen LogP contribution in [-0.2, 0) is 11.2 Å². The third kappa shape index (κ3) is 5.67. The molecule has 0 aliphatic carbocycles. The second-order valence-electron chi connectivity index (χ2n) is 8.87. The Balaban J connectivity index is 1.56. The van der Waals surface area contributed by atoms with Crippen molar-refractivity contribution in [2.45, 2.75) is 26.7 Å². The number of rotatable bonds is 8. The van der Waals surface area contributed by atoms with E-state index in [2.05, 4.69) is 81.4 Å². The molecule has 0 aliphatic heterocycles. The van der Waals surface area contributed by atoms with Crippen molar-refractivity contribution in [2.24, 2.45) is 0 Å². The van der Waals surface area contributed by atoms with E-state index in [4.69, 9.17) is 4.98 Å². The Morgan fingerprint density at radius 1 is 0.909 bits per heavy atom. The second-order valence-corrected chi connectivity index (χ2v) is 9.85. The summed E-state index contributed by atoms with van der Waals surface area (Å²) >= 11 is 1.62. The largest absolute Gasteiger partial charge is 0.309 e. The highest BCUT2D eigenvalue weighted by atomic mass is 32.1. The minimum atomic E-state index is 0.0923. The molecule has 33 heavy (non-hydrogen) atoms. The minimum Gasteiger partial charge on any atom is -0.309 e. The Labute approximate surface area is 200 Å². The number of anilines is 1. The number of carbonyl (C=O) groups is 1. The number of hydrogen-bond acceptors (Lipinski definition) is 4. The molecule has 5 heteroatoms. The quantitative estimate of drug-likeness (QED) is 0.320. The van der Waals surface area contributed by atoms with Crippen molar-refractivity contribution in [2.75, 3.05) is 32.1 Å².